The zero-order valence-corrected chi connectivity index (χ0v) is 14.6. The van der Waals surface area contributed by atoms with Gasteiger partial charge >= 0.3 is 0 Å². The quantitative estimate of drug-likeness (QED) is 0.866. The molecule has 26 heavy (non-hydrogen) atoms. The third kappa shape index (κ3) is 4.20. The zero-order valence-electron chi connectivity index (χ0n) is 14.6. The van der Waals surface area contributed by atoms with Crippen LogP contribution in [-0.4, -0.2) is 36.9 Å². The smallest absolute Gasteiger partial charge is 0.229 e. The predicted octanol–water partition coefficient (Wildman–Crippen LogP) is 2.86. The maximum absolute atomic E-state index is 12.9. The van der Waals surface area contributed by atoms with Gasteiger partial charge in [-0.3, -0.25) is 9.59 Å². The van der Waals surface area contributed by atoms with E-state index in [1.807, 2.05) is 12.1 Å². The fourth-order valence-electron chi connectivity index (χ4n) is 3.06. The first-order chi connectivity index (χ1) is 12.6. The van der Waals surface area contributed by atoms with Crippen molar-refractivity contribution in [3.8, 4) is 5.75 Å². The fourth-order valence-corrected chi connectivity index (χ4v) is 3.06. The highest BCUT2D eigenvalue weighted by Gasteiger charge is 2.34. The third-order valence-electron chi connectivity index (χ3n) is 4.53. The molecule has 1 N–H and O–H groups in total. The van der Waals surface area contributed by atoms with Gasteiger partial charge in [0.05, 0.1) is 18.7 Å². The van der Waals surface area contributed by atoms with Gasteiger partial charge < -0.3 is 15.0 Å². The Kier molecular flexibility index (Phi) is 5.51. The Morgan fingerprint density at radius 1 is 1.23 bits per heavy atom. The van der Waals surface area contributed by atoms with Crippen molar-refractivity contribution in [2.45, 2.75) is 12.8 Å². The number of para-hydroxylation sites is 2. The zero-order chi connectivity index (χ0) is 18.5. The van der Waals surface area contributed by atoms with E-state index in [2.05, 4.69) is 5.32 Å². The van der Waals surface area contributed by atoms with Crippen molar-refractivity contribution in [1.29, 1.82) is 0 Å². The largest absolute Gasteiger partial charge is 0.495 e. The van der Waals surface area contributed by atoms with E-state index in [0.29, 0.717) is 30.9 Å². The van der Waals surface area contributed by atoms with Gasteiger partial charge in [0.25, 0.3) is 0 Å². The third-order valence-corrected chi connectivity index (χ3v) is 4.53. The second kappa shape index (κ2) is 7.99. The molecule has 0 aromatic heterocycles. The van der Waals surface area contributed by atoms with Crippen molar-refractivity contribution in [3.05, 3.63) is 59.9 Å². The number of hydrogen-bond acceptors (Lipinski definition) is 3. The molecule has 2 aromatic rings. The highest BCUT2D eigenvalue weighted by Crippen LogP contribution is 2.26. The molecule has 1 saturated heterocycles. The lowest BCUT2D eigenvalue weighted by Gasteiger charge is -2.17. The number of anilines is 1. The molecule has 1 aliphatic heterocycles. The van der Waals surface area contributed by atoms with Crippen LogP contribution in [0.4, 0.5) is 10.1 Å². The fraction of sp³-hybridized carbons (Fsp3) is 0.300. The Morgan fingerprint density at radius 3 is 2.69 bits per heavy atom. The summed E-state index contributed by atoms with van der Waals surface area (Å²) in [6.07, 6.45) is 0.831. The van der Waals surface area contributed by atoms with E-state index in [-0.39, 0.29) is 30.0 Å². The molecule has 2 aromatic carbocycles. The predicted molar refractivity (Wildman–Crippen MR) is 96.4 cm³/mol. The van der Waals surface area contributed by atoms with Gasteiger partial charge in [-0.1, -0.05) is 24.3 Å². The van der Waals surface area contributed by atoms with Crippen LogP contribution in [0.2, 0.25) is 0 Å². The van der Waals surface area contributed by atoms with Crippen LogP contribution in [0.15, 0.2) is 48.5 Å². The highest BCUT2D eigenvalue weighted by molar-refractivity contribution is 5.98. The summed E-state index contributed by atoms with van der Waals surface area (Å²) in [6.45, 7) is 0.907. The lowest BCUT2D eigenvalue weighted by atomic mass is 10.1. The number of carbonyl (C=O) groups excluding carboxylic acids is 2. The van der Waals surface area contributed by atoms with Crippen molar-refractivity contribution >= 4 is 17.5 Å². The summed E-state index contributed by atoms with van der Waals surface area (Å²) in [5.41, 5.74) is 1.55. The average Bonchev–Trinajstić information content (AvgIpc) is 3.02. The van der Waals surface area contributed by atoms with E-state index >= 15 is 0 Å². The number of nitrogens with one attached hydrogen (secondary N) is 1. The summed E-state index contributed by atoms with van der Waals surface area (Å²) in [7, 11) is 1.54. The standard InChI is InChI=1S/C20H21FN2O3/c1-26-18-5-3-2-4-17(18)22-20(25)15-12-19(24)23(13-15)11-10-14-6-8-16(21)9-7-14/h2-9,15H,10-13H2,1H3,(H,22,25)/t15-/m1/s1. The maximum Gasteiger partial charge on any atom is 0.229 e. The molecule has 1 heterocycles. The molecule has 1 aliphatic rings. The molecule has 2 amide bonds. The van der Waals surface area contributed by atoms with Crippen molar-refractivity contribution in [2.75, 3.05) is 25.5 Å². The average molecular weight is 356 g/mol. The number of ether oxygens (including phenoxy) is 1. The van der Waals surface area contributed by atoms with Crippen LogP contribution in [0.1, 0.15) is 12.0 Å². The second-order valence-electron chi connectivity index (χ2n) is 6.31. The van der Waals surface area contributed by atoms with E-state index in [1.54, 1.807) is 36.3 Å². The normalized spacial score (nSPS) is 16.6. The lowest BCUT2D eigenvalue weighted by Crippen LogP contribution is -2.30. The van der Waals surface area contributed by atoms with Gasteiger partial charge in [0.2, 0.25) is 11.8 Å². The van der Waals surface area contributed by atoms with Crippen molar-refractivity contribution in [2.24, 2.45) is 5.92 Å². The first-order valence-corrected chi connectivity index (χ1v) is 8.53. The molecule has 136 valence electrons. The van der Waals surface area contributed by atoms with Crippen LogP contribution in [0.3, 0.4) is 0 Å². The molecule has 0 radical (unpaired) electrons. The number of carbonyl (C=O) groups is 2. The van der Waals surface area contributed by atoms with Crippen LogP contribution in [0, 0.1) is 11.7 Å². The molecule has 1 fully saturated rings. The van der Waals surface area contributed by atoms with Crippen molar-refractivity contribution in [1.82, 2.24) is 4.90 Å². The molecule has 6 heteroatoms. The number of hydrogen-bond donors (Lipinski definition) is 1. The molecule has 1 atom stereocenters. The summed E-state index contributed by atoms with van der Waals surface area (Å²) in [5.74, 6) is -0.308. The number of benzene rings is 2. The Bertz CT molecular complexity index is 792. The number of nitrogens with zero attached hydrogens (tertiary/aromatic N) is 1. The Morgan fingerprint density at radius 2 is 1.96 bits per heavy atom. The van der Waals surface area contributed by atoms with Gasteiger partial charge in [-0.2, -0.15) is 0 Å². The van der Waals surface area contributed by atoms with E-state index in [0.717, 1.165) is 5.56 Å². The SMILES string of the molecule is COc1ccccc1NC(=O)[C@@H]1CC(=O)N(CCc2ccc(F)cc2)C1. The molecule has 5 nitrogen and oxygen atoms in total. The van der Waals surface area contributed by atoms with Gasteiger partial charge in [0.1, 0.15) is 11.6 Å². The van der Waals surface area contributed by atoms with E-state index in [9.17, 15) is 14.0 Å². The van der Waals surface area contributed by atoms with Crippen molar-refractivity contribution < 1.29 is 18.7 Å². The first-order valence-electron chi connectivity index (χ1n) is 8.53. The molecule has 0 saturated carbocycles. The van der Waals surface area contributed by atoms with E-state index in [4.69, 9.17) is 4.74 Å². The minimum atomic E-state index is -0.388. The number of rotatable bonds is 6. The maximum atomic E-state index is 12.9. The summed E-state index contributed by atoms with van der Waals surface area (Å²) in [6, 6.07) is 13.4. The number of amides is 2. The van der Waals surface area contributed by atoms with Crippen LogP contribution >= 0.6 is 0 Å². The summed E-state index contributed by atoms with van der Waals surface area (Å²) in [4.78, 5) is 26.4. The molecule has 0 bridgehead atoms. The molecule has 0 unspecified atom stereocenters. The van der Waals surface area contributed by atoms with E-state index in [1.165, 1.54) is 12.1 Å². The van der Waals surface area contributed by atoms with E-state index < -0.39 is 0 Å². The Hall–Kier alpha value is -2.89. The molecular formula is C20H21FN2O3. The van der Waals surface area contributed by atoms with Crippen LogP contribution < -0.4 is 10.1 Å². The van der Waals surface area contributed by atoms with Crippen LogP contribution in [0.25, 0.3) is 0 Å². The summed E-state index contributed by atoms with van der Waals surface area (Å²) < 4.78 is 18.2. The molecule has 0 spiro atoms. The van der Waals surface area contributed by atoms with Gasteiger partial charge in [-0.25, -0.2) is 4.39 Å². The highest BCUT2D eigenvalue weighted by atomic mass is 19.1. The minimum Gasteiger partial charge on any atom is -0.495 e. The topological polar surface area (TPSA) is 58.6 Å². The summed E-state index contributed by atoms with van der Waals surface area (Å²) in [5, 5.41) is 2.84. The number of halogens is 1. The van der Waals surface area contributed by atoms with Crippen molar-refractivity contribution in [3.63, 3.8) is 0 Å². The van der Waals surface area contributed by atoms with Gasteiger partial charge in [-0.15, -0.1) is 0 Å². The second-order valence-corrected chi connectivity index (χ2v) is 6.31. The monoisotopic (exact) mass is 356 g/mol. The lowest BCUT2D eigenvalue weighted by molar-refractivity contribution is -0.128. The molecular weight excluding hydrogens is 335 g/mol. The number of methoxy groups -OCH3 is 1. The Balaban J connectivity index is 1.56. The number of likely N-dealkylation sites (tertiary alicyclic amines) is 1. The Labute approximate surface area is 151 Å². The molecule has 3 rings (SSSR count). The van der Waals surface area contributed by atoms with Crippen LogP contribution in [0.5, 0.6) is 5.75 Å². The minimum absolute atomic E-state index is 0.0349. The first kappa shape index (κ1) is 17.9. The van der Waals surface area contributed by atoms with Gasteiger partial charge in [-0.05, 0) is 36.2 Å². The summed E-state index contributed by atoms with van der Waals surface area (Å²) >= 11 is 0. The van der Waals surface area contributed by atoms with Crippen LogP contribution in [-0.2, 0) is 16.0 Å². The van der Waals surface area contributed by atoms with Gasteiger partial charge in [0, 0.05) is 19.5 Å². The van der Waals surface area contributed by atoms with Gasteiger partial charge in [0.15, 0.2) is 0 Å². The molecule has 0 aliphatic carbocycles.